The first-order valence-electron chi connectivity index (χ1n) is 10.7. The minimum absolute atomic E-state index is 0.138. The normalized spacial score (nSPS) is 18.8. The molecule has 170 valence electrons. The molecule has 2 atom stereocenters. The summed E-state index contributed by atoms with van der Waals surface area (Å²) in [6, 6.07) is 15.7. The van der Waals surface area contributed by atoms with Crippen molar-refractivity contribution in [3.05, 3.63) is 99.6 Å². The van der Waals surface area contributed by atoms with Crippen molar-refractivity contribution < 1.29 is 22.8 Å². The summed E-state index contributed by atoms with van der Waals surface area (Å²) in [5.41, 5.74) is 4.64. The van der Waals surface area contributed by atoms with Gasteiger partial charge in [0.05, 0.1) is 23.1 Å². The number of anilines is 1. The Bertz CT molecular complexity index is 1140. The van der Waals surface area contributed by atoms with Crippen molar-refractivity contribution in [1.82, 2.24) is 0 Å². The van der Waals surface area contributed by atoms with Crippen molar-refractivity contribution in [3.8, 4) is 0 Å². The zero-order valence-electron chi connectivity index (χ0n) is 18.8. The third kappa shape index (κ3) is 4.30. The Hall–Kier alpha value is -3.41. The fourth-order valence-corrected chi connectivity index (χ4v) is 4.77. The molecule has 3 aromatic carbocycles. The van der Waals surface area contributed by atoms with Crippen molar-refractivity contribution in [3.63, 3.8) is 0 Å². The molecular weight excluding hydrogens is 427 g/mol. The molecule has 1 heterocycles. The summed E-state index contributed by atoms with van der Waals surface area (Å²) in [4.78, 5) is 28.3. The molecule has 0 aliphatic carbocycles. The number of alkyl halides is 3. The lowest BCUT2D eigenvalue weighted by atomic mass is 9.81. The second kappa shape index (κ2) is 8.18. The summed E-state index contributed by atoms with van der Waals surface area (Å²) >= 11 is 0. The molecular formula is C27H24F3NO2. The van der Waals surface area contributed by atoms with Crippen molar-refractivity contribution in [2.75, 3.05) is 4.90 Å². The highest BCUT2D eigenvalue weighted by Crippen LogP contribution is 2.44. The van der Waals surface area contributed by atoms with Gasteiger partial charge in [0.2, 0.25) is 11.8 Å². The molecule has 0 spiro atoms. The fourth-order valence-electron chi connectivity index (χ4n) is 4.77. The zero-order chi connectivity index (χ0) is 24.1. The molecule has 0 saturated carbocycles. The van der Waals surface area contributed by atoms with Gasteiger partial charge in [0.1, 0.15) is 0 Å². The first kappa shape index (κ1) is 22.8. The van der Waals surface area contributed by atoms with Crippen LogP contribution in [0.3, 0.4) is 0 Å². The van der Waals surface area contributed by atoms with E-state index in [-0.39, 0.29) is 5.69 Å². The lowest BCUT2D eigenvalue weighted by molar-refractivity contribution is -0.137. The number of hydrogen-bond donors (Lipinski definition) is 0. The third-order valence-corrected chi connectivity index (χ3v) is 5.97. The lowest BCUT2D eigenvalue weighted by Crippen LogP contribution is -2.30. The van der Waals surface area contributed by atoms with Gasteiger partial charge >= 0.3 is 6.18 Å². The van der Waals surface area contributed by atoms with Crippen LogP contribution < -0.4 is 4.90 Å². The second-order valence-electron chi connectivity index (χ2n) is 8.85. The summed E-state index contributed by atoms with van der Waals surface area (Å²) in [5, 5.41) is 0. The Morgan fingerprint density at radius 1 is 0.636 bits per heavy atom. The minimum Gasteiger partial charge on any atom is -0.273 e. The molecule has 1 saturated heterocycles. The van der Waals surface area contributed by atoms with E-state index in [0.717, 1.165) is 50.4 Å². The lowest BCUT2D eigenvalue weighted by Gasteiger charge is -2.18. The summed E-state index contributed by atoms with van der Waals surface area (Å²) in [6.45, 7) is 7.71. The van der Waals surface area contributed by atoms with Gasteiger partial charge in [-0.05, 0) is 63.1 Å². The molecule has 0 radical (unpaired) electrons. The van der Waals surface area contributed by atoms with Crippen LogP contribution in [-0.2, 0) is 15.8 Å². The van der Waals surface area contributed by atoms with Crippen LogP contribution in [0, 0.1) is 27.7 Å². The van der Waals surface area contributed by atoms with Gasteiger partial charge in [0.25, 0.3) is 0 Å². The van der Waals surface area contributed by atoms with Gasteiger partial charge in [-0.3, -0.25) is 9.59 Å². The van der Waals surface area contributed by atoms with Crippen molar-refractivity contribution >= 4 is 17.5 Å². The molecule has 33 heavy (non-hydrogen) atoms. The van der Waals surface area contributed by atoms with E-state index >= 15 is 0 Å². The molecule has 3 nitrogen and oxygen atoms in total. The average Bonchev–Trinajstić information content (AvgIpc) is 2.96. The molecule has 2 unspecified atom stereocenters. The largest absolute Gasteiger partial charge is 0.416 e. The molecule has 6 heteroatoms. The molecule has 3 aromatic rings. The Kier molecular flexibility index (Phi) is 5.64. The van der Waals surface area contributed by atoms with Crippen molar-refractivity contribution in [2.24, 2.45) is 0 Å². The number of amides is 2. The zero-order valence-corrected chi connectivity index (χ0v) is 18.8. The van der Waals surface area contributed by atoms with Crippen molar-refractivity contribution in [1.29, 1.82) is 0 Å². The van der Waals surface area contributed by atoms with Gasteiger partial charge < -0.3 is 0 Å². The minimum atomic E-state index is -4.50. The van der Waals surface area contributed by atoms with E-state index in [0.29, 0.717) is 0 Å². The van der Waals surface area contributed by atoms with Gasteiger partial charge in [-0.15, -0.1) is 0 Å². The average molecular weight is 451 g/mol. The second-order valence-corrected chi connectivity index (χ2v) is 8.85. The quantitative estimate of drug-likeness (QED) is 0.434. The van der Waals surface area contributed by atoms with Gasteiger partial charge in [0.15, 0.2) is 0 Å². The SMILES string of the molecule is Cc1cc(C)cc(C2C(=O)N(c3ccc(C(F)(F)F)cc3)C(=O)C2c2cc(C)cc(C)c2)c1. The summed E-state index contributed by atoms with van der Waals surface area (Å²) < 4.78 is 39.1. The van der Waals surface area contributed by atoms with E-state index in [1.807, 2.05) is 64.1 Å². The first-order chi connectivity index (χ1) is 15.5. The monoisotopic (exact) mass is 451 g/mol. The summed E-state index contributed by atoms with van der Waals surface area (Å²) in [7, 11) is 0. The number of rotatable bonds is 3. The first-order valence-corrected chi connectivity index (χ1v) is 10.7. The molecule has 1 fully saturated rings. The maximum atomic E-state index is 13.7. The van der Waals surface area contributed by atoms with E-state index < -0.39 is 35.4 Å². The topological polar surface area (TPSA) is 37.4 Å². The van der Waals surface area contributed by atoms with E-state index in [1.165, 1.54) is 12.1 Å². The molecule has 4 rings (SSSR count). The Morgan fingerprint density at radius 3 is 1.33 bits per heavy atom. The van der Waals surface area contributed by atoms with Crippen LogP contribution in [0.1, 0.15) is 50.8 Å². The standard InChI is InChI=1S/C27H24F3NO2/c1-15-9-16(2)12-19(11-15)23-24(20-13-17(3)10-18(4)14-20)26(33)31(25(23)32)22-7-5-21(6-8-22)27(28,29)30/h5-14,23-24H,1-4H3. The van der Waals surface area contributed by atoms with Crippen LogP contribution in [0.2, 0.25) is 0 Å². The van der Waals surface area contributed by atoms with E-state index in [2.05, 4.69) is 0 Å². The van der Waals surface area contributed by atoms with Gasteiger partial charge in [0, 0.05) is 0 Å². The molecule has 0 bridgehead atoms. The molecule has 1 aliphatic heterocycles. The van der Waals surface area contributed by atoms with E-state index in [9.17, 15) is 22.8 Å². The highest BCUT2D eigenvalue weighted by atomic mass is 19.4. The number of carbonyl (C=O) groups excluding carboxylic acids is 2. The predicted octanol–water partition coefficient (Wildman–Crippen LogP) is 6.38. The van der Waals surface area contributed by atoms with Crippen LogP contribution in [0.4, 0.5) is 18.9 Å². The van der Waals surface area contributed by atoms with Crippen LogP contribution >= 0.6 is 0 Å². The highest BCUT2D eigenvalue weighted by molar-refractivity contribution is 6.25. The van der Waals surface area contributed by atoms with Crippen LogP contribution in [0.15, 0.2) is 60.7 Å². The highest BCUT2D eigenvalue weighted by Gasteiger charge is 2.50. The number of carbonyl (C=O) groups is 2. The van der Waals surface area contributed by atoms with E-state index in [1.54, 1.807) is 0 Å². The molecule has 0 N–H and O–H groups in total. The molecule has 0 aromatic heterocycles. The summed E-state index contributed by atoms with van der Waals surface area (Å²) in [5.74, 6) is -2.40. The smallest absolute Gasteiger partial charge is 0.273 e. The third-order valence-electron chi connectivity index (χ3n) is 5.97. The van der Waals surface area contributed by atoms with Gasteiger partial charge in [-0.1, -0.05) is 58.7 Å². The number of aryl methyl sites for hydroxylation is 4. The number of nitrogens with zero attached hydrogens (tertiary/aromatic N) is 1. The predicted molar refractivity (Wildman–Crippen MR) is 121 cm³/mol. The Labute approximate surface area is 190 Å². The fraction of sp³-hybridized carbons (Fsp3) is 0.259. The number of imide groups is 1. The maximum absolute atomic E-state index is 13.7. The van der Waals surface area contributed by atoms with Crippen molar-refractivity contribution in [2.45, 2.75) is 45.7 Å². The van der Waals surface area contributed by atoms with Crippen LogP contribution in [0.5, 0.6) is 0 Å². The number of hydrogen-bond acceptors (Lipinski definition) is 2. The van der Waals surface area contributed by atoms with Gasteiger partial charge in [-0.2, -0.15) is 13.2 Å². The Morgan fingerprint density at radius 2 is 1.00 bits per heavy atom. The summed E-state index contributed by atoms with van der Waals surface area (Å²) in [6.07, 6.45) is -4.50. The maximum Gasteiger partial charge on any atom is 0.416 e. The molecule has 2 amide bonds. The molecule has 1 aliphatic rings. The van der Waals surface area contributed by atoms with Crippen LogP contribution in [0.25, 0.3) is 0 Å². The van der Waals surface area contributed by atoms with E-state index in [4.69, 9.17) is 0 Å². The Balaban J connectivity index is 1.86. The van der Waals surface area contributed by atoms with Crippen LogP contribution in [-0.4, -0.2) is 11.8 Å². The number of benzene rings is 3. The van der Waals surface area contributed by atoms with Gasteiger partial charge in [-0.25, -0.2) is 4.90 Å². The number of halogens is 3.